The van der Waals surface area contributed by atoms with E-state index >= 15 is 0 Å². The van der Waals surface area contributed by atoms with Gasteiger partial charge in [-0.25, -0.2) is 0 Å². The molecule has 0 aliphatic heterocycles. The lowest BCUT2D eigenvalue weighted by Crippen LogP contribution is -1.98. The van der Waals surface area contributed by atoms with Gasteiger partial charge >= 0.3 is 0 Å². The summed E-state index contributed by atoms with van der Waals surface area (Å²) in [6.45, 7) is 0. The molecule has 13 heavy (non-hydrogen) atoms. The van der Waals surface area contributed by atoms with Crippen LogP contribution in [0.1, 0.15) is 10.4 Å². The molecule has 0 radical (unpaired) electrons. The molecule has 3 nitrogen and oxygen atoms in total. The van der Waals surface area contributed by atoms with Crippen LogP contribution in [0.2, 0.25) is 0 Å². The third-order valence-corrected chi connectivity index (χ3v) is 2.04. The van der Waals surface area contributed by atoms with Crippen LogP contribution in [0.4, 0.5) is 0 Å². The van der Waals surface area contributed by atoms with Crippen molar-refractivity contribution in [2.45, 2.75) is 0 Å². The van der Waals surface area contributed by atoms with Gasteiger partial charge in [-0.3, -0.25) is 4.79 Å². The molecular formula is C9H12BrNO2. The van der Waals surface area contributed by atoms with Crippen LogP contribution in [0, 0.1) is 0 Å². The van der Waals surface area contributed by atoms with Crippen molar-refractivity contribution in [3.63, 3.8) is 0 Å². The predicted octanol–water partition coefficient (Wildman–Crippen LogP) is 2.43. The monoisotopic (exact) mass is 245 g/mol. The zero-order chi connectivity index (χ0) is 8.97. The van der Waals surface area contributed by atoms with Crippen LogP contribution in [-0.2, 0) is 0 Å². The van der Waals surface area contributed by atoms with E-state index in [1.54, 1.807) is 31.4 Å². The van der Waals surface area contributed by atoms with Crippen LogP contribution in [0.15, 0.2) is 24.3 Å². The SMILES string of the molecule is COc1ccc(C(=O)CBr)cc1.N. The lowest BCUT2D eigenvalue weighted by Gasteiger charge is -1.99. The average molecular weight is 246 g/mol. The first kappa shape index (κ1) is 12.1. The topological polar surface area (TPSA) is 61.3 Å². The summed E-state index contributed by atoms with van der Waals surface area (Å²) in [5.41, 5.74) is 0.702. The van der Waals surface area contributed by atoms with Crippen molar-refractivity contribution in [3.8, 4) is 5.75 Å². The lowest BCUT2D eigenvalue weighted by molar-refractivity contribution is 0.102. The number of Topliss-reactive ketones (excluding diaryl/α,β-unsaturated/α-hetero) is 1. The van der Waals surface area contributed by atoms with Crippen LogP contribution in [0.5, 0.6) is 5.75 Å². The summed E-state index contributed by atoms with van der Waals surface area (Å²) in [4.78, 5) is 11.1. The Kier molecular flexibility index (Phi) is 5.34. The molecule has 0 fully saturated rings. The quantitative estimate of drug-likeness (QED) is 0.658. The molecule has 0 amide bonds. The first-order valence-electron chi connectivity index (χ1n) is 3.51. The van der Waals surface area contributed by atoms with Gasteiger partial charge in [0.05, 0.1) is 12.4 Å². The van der Waals surface area contributed by atoms with E-state index < -0.39 is 0 Å². The molecule has 1 aromatic carbocycles. The third-order valence-electron chi connectivity index (χ3n) is 1.53. The molecule has 1 aromatic rings. The second-order valence-electron chi connectivity index (χ2n) is 2.29. The molecule has 1 rings (SSSR count). The first-order chi connectivity index (χ1) is 5.77. The molecule has 0 bridgehead atoms. The number of methoxy groups -OCH3 is 1. The van der Waals surface area contributed by atoms with Crippen LogP contribution >= 0.6 is 15.9 Å². The highest BCUT2D eigenvalue weighted by Crippen LogP contribution is 2.12. The maximum Gasteiger partial charge on any atom is 0.173 e. The van der Waals surface area contributed by atoms with Crippen molar-refractivity contribution in [2.75, 3.05) is 12.4 Å². The van der Waals surface area contributed by atoms with Crippen molar-refractivity contribution in [2.24, 2.45) is 0 Å². The fourth-order valence-electron chi connectivity index (χ4n) is 0.854. The van der Waals surface area contributed by atoms with E-state index in [4.69, 9.17) is 4.74 Å². The minimum atomic E-state index is 0. The number of hydrogen-bond donors (Lipinski definition) is 1. The number of benzene rings is 1. The van der Waals surface area contributed by atoms with E-state index in [9.17, 15) is 4.79 Å². The molecule has 0 aromatic heterocycles. The number of carbonyl (C=O) groups is 1. The summed E-state index contributed by atoms with van der Waals surface area (Å²) in [5.74, 6) is 0.846. The Hall–Kier alpha value is -0.870. The predicted molar refractivity (Wildman–Crippen MR) is 56.1 cm³/mol. The van der Waals surface area contributed by atoms with Gasteiger partial charge in [-0.1, -0.05) is 15.9 Å². The van der Waals surface area contributed by atoms with Crippen molar-refractivity contribution in [1.82, 2.24) is 6.15 Å². The highest BCUT2D eigenvalue weighted by molar-refractivity contribution is 9.09. The largest absolute Gasteiger partial charge is 0.497 e. The Balaban J connectivity index is 0.00000144. The Morgan fingerprint density at radius 3 is 2.31 bits per heavy atom. The Bertz CT molecular complexity index is 271. The smallest absolute Gasteiger partial charge is 0.173 e. The Labute approximate surface area is 85.8 Å². The summed E-state index contributed by atoms with van der Waals surface area (Å²) >= 11 is 3.11. The second-order valence-corrected chi connectivity index (χ2v) is 2.85. The van der Waals surface area contributed by atoms with Crippen molar-refractivity contribution < 1.29 is 9.53 Å². The van der Waals surface area contributed by atoms with Crippen molar-refractivity contribution in [3.05, 3.63) is 29.8 Å². The van der Waals surface area contributed by atoms with Gasteiger partial charge in [-0.15, -0.1) is 0 Å². The zero-order valence-electron chi connectivity index (χ0n) is 7.42. The minimum Gasteiger partial charge on any atom is -0.497 e. The molecule has 72 valence electrons. The molecular weight excluding hydrogens is 234 g/mol. The maximum absolute atomic E-state index is 11.1. The van der Waals surface area contributed by atoms with Crippen LogP contribution in [0.25, 0.3) is 0 Å². The fraction of sp³-hybridized carbons (Fsp3) is 0.222. The molecule has 0 atom stereocenters. The highest BCUT2D eigenvalue weighted by atomic mass is 79.9. The fourth-order valence-corrected chi connectivity index (χ4v) is 1.18. The van der Waals surface area contributed by atoms with Gasteiger partial charge in [0.15, 0.2) is 5.78 Å². The molecule has 0 saturated heterocycles. The highest BCUT2D eigenvalue weighted by Gasteiger charge is 2.02. The number of halogens is 1. The number of ketones is 1. The van der Waals surface area contributed by atoms with Gasteiger partial charge < -0.3 is 10.9 Å². The molecule has 0 spiro atoms. The summed E-state index contributed by atoms with van der Waals surface area (Å²) < 4.78 is 4.96. The van der Waals surface area contributed by atoms with E-state index in [2.05, 4.69) is 15.9 Å². The molecule has 0 aliphatic carbocycles. The maximum atomic E-state index is 11.1. The minimum absolute atomic E-state index is 0. The van der Waals surface area contributed by atoms with Gasteiger partial charge in [-0.2, -0.15) is 0 Å². The molecule has 0 aliphatic rings. The third kappa shape index (κ3) is 3.16. The lowest BCUT2D eigenvalue weighted by atomic mass is 10.1. The van der Waals surface area contributed by atoms with E-state index in [0.29, 0.717) is 10.9 Å². The summed E-state index contributed by atoms with van der Waals surface area (Å²) in [5, 5.41) is 0.360. The molecule has 0 saturated carbocycles. The molecule has 3 N–H and O–H groups in total. The van der Waals surface area contributed by atoms with Crippen molar-refractivity contribution >= 4 is 21.7 Å². The molecule has 0 heterocycles. The Morgan fingerprint density at radius 1 is 1.38 bits per heavy atom. The Morgan fingerprint density at radius 2 is 1.92 bits per heavy atom. The van der Waals surface area contributed by atoms with E-state index in [1.807, 2.05) is 0 Å². The van der Waals surface area contributed by atoms with Crippen LogP contribution in [0.3, 0.4) is 0 Å². The number of ether oxygens (including phenoxy) is 1. The number of alkyl halides is 1. The summed E-state index contributed by atoms with van der Waals surface area (Å²) in [7, 11) is 1.60. The second kappa shape index (κ2) is 5.72. The van der Waals surface area contributed by atoms with Gasteiger partial charge in [0.2, 0.25) is 0 Å². The average Bonchev–Trinajstić information content (AvgIpc) is 2.17. The van der Waals surface area contributed by atoms with E-state index in [1.165, 1.54) is 0 Å². The van der Waals surface area contributed by atoms with E-state index in [-0.39, 0.29) is 11.9 Å². The number of carbonyl (C=O) groups excluding carboxylic acids is 1. The van der Waals surface area contributed by atoms with E-state index in [0.717, 1.165) is 5.75 Å². The molecule has 4 heteroatoms. The van der Waals surface area contributed by atoms with Crippen LogP contribution in [-0.4, -0.2) is 18.2 Å². The summed E-state index contributed by atoms with van der Waals surface area (Å²) in [6, 6.07) is 7.05. The van der Waals surface area contributed by atoms with Gasteiger partial charge in [0, 0.05) is 5.56 Å². The van der Waals surface area contributed by atoms with Gasteiger partial charge in [0.1, 0.15) is 5.75 Å². The number of hydrogen-bond acceptors (Lipinski definition) is 3. The zero-order valence-corrected chi connectivity index (χ0v) is 9.00. The van der Waals surface area contributed by atoms with Crippen LogP contribution < -0.4 is 10.9 Å². The summed E-state index contributed by atoms with van der Waals surface area (Å²) in [6.07, 6.45) is 0. The van der Waals surface area contributed by atoms with Crippen molar-refractivity contribution in [1.29, 1.82) is 0 Å². The normalized spacial score (nSPS) is 8.77. The first-order valence-corrected chi connectivity index (χ1v) is 4.63. The number of rotatable bonds is 3. The standard InChI is InChI=1S/C9H9BrO2.H3N/c1-12-8-4-2-7(3-5-8)9(11)6-10;/h2-5H,6H2,1H3;1H3. The van der Waals surface area contributed by atoms with Gasteiger partial charge in [-0.05, 0) is 24.3 Å². The van der Waals surface area contributed by atoms with Gasteiger partial charge in [0.25, 0.3) is 0 Å². The molecule has 0 unspecified atom stereocenters.